The van der Waals surface area contributed by atoms with E-state index in [2.05, 4.69) is 31.9 Å². The molecule has 0 saturated heterocycles. The van der Waals surface area contributed by atoms with Gasteiger partial charge < -0.3 is 4.74 Å². The van der Waals surface area contributed by atoms with Crippen LogP contribution in [0.1, 0.15) is 5.56 Å². The number of alkyl halides is 1. The number of rotatable bonds is 3. The fourth-order valence-corrected chi connectivity index (χ4v) is 1.94. The van der Waals surface area contributed by atoms with Crippen LogP contribution in [0.25, 0.3) is 0 Å². The second-order valence-corrected chi connectivity index (χ2v) is 4.87. The second-order valence-electron chi connectivity index (χ2n) is 3.46. The van der Waals surface area contributed by atoms with E-state index < -0.39 is 0 Å². The lowest BCUT2D eigenvalue weighted by Crippen LogP contribution is -1.86. The summed E-state index contributed by atoms with van der Waals surface area (Å²) in [5.41, 5.74) is 1.17. The summed E-state index contributed by atoms with van der Waals surface area (Å²) in [4.78, 5) is 0. The van der Waals surface area contributed by atoms with Crippen molar-refractivity contribution in [3.05, 3.63) is 58.3 Å². The maximum atomic E-state index is 13.3. The maximum absolute atomic E-state index is 13.3. The molecule has 2 rings (SSSR count). The number of halogens is 3. The molecule has 4 heteroatoms. The van der Waals surface area contributed by atoms with Crippen LogP contribution in [0.15, 0.2) is 46.9 Å². The molecule has 0 aliphatic heterocycles. The van der Waals surface area contributed by atoms with Gasteiger partial charge in [-0.05, 0) is 45.8 Å². The summed E-state index contributed by atoms with van der Waals surface area (Å²) in [6.45, 7) is 0. The molecule has 1 nitrogen and oxygen atoms in total. The van der Waals surface area contributed by atoms with Crippen molar-refractivity contribution in [3.63, 3.8) is 0 Å². The average Bonchev–Trinajstić information content (AvgIpc) is 2.35. The summed E-state index contributed by atoms with van der Waals surface area (Å²) in [6, 6.07) is 12.3. The zero-order valence-corrected chi connectivity index (χ0v) is 12.0. The van der Waals surface area contributed by atoms with Gasteiger partial charge in [-0.1, -0.05) is 28.1 Å². The van der Waals surface area contributed by atoms with E-state index in [-0.39, 0.29) is 5.82 Å². The third kappa shape index (κ3) is 3.30. The smallest absolute Gasteiger partial charge is 0.141 e. The molecule has 0 aromatic heterocycles. The highest BCUT2D eigenvalue weighted by Gasteiger charge is 2.02. The lowest BCUT2D eigenvalue weighted by molar-refractivity contribution is 0.476. The lowest BCUT2D eigenvalue weighted by atomic mass is 10.2. The molecule has 0 fully saturated rings. The predicted molar refractivity (Wildman–Crippen MR) is 73.2 cm³/mol. The molecule has 2 aromatic carbocycles. The quantitative estimate of drug-likeness (QED) is 0.678. The van der Waals surface area contributed by atoms with Crippen LogP contribution >= 0.6 is 31.9 Å². The Bertz CT molecular complexity index is 511. The largest absolute Gasteiger partial charge is 0.457 e. The molecule has 0 atom stereocenters. The zero-order valence-electron chi connectivity index (χ0n) is 8.79. The average molecular weight is 360 g/mol. The van der Waals surface area contributed by atoms with E-state index in [0.717, 1.165) is 5.33 Å². The summed E-state index contributed by atoms with van der Waals surface area (Å²) in [5.74, 6) is 0.841. The Morgan fingerprint density at radius 1 is 1.00 bits per heavy atom. The molecule has 0 unspecified atom stereocenters. The van der Waals surface area contributed by atoms with Gasteiger partial charge in [-0.2, -0.15) is 0 Å². The Morgan fingerprint density at radius 2 is 1.65 bits per heavy atom. The fraction of sp³-hybridized carbons (Fsp3) is 0.0769. The van der Waals surface area contributed by atoms with Gasteiger partial charge in [0.1, 0.15) is 17.3 Å². The molecule has 0 N–H and O–H groups in total. The summed E-state index contributed by atoms with van der Waals surface area (Å²) in [6.07, 6.45) is 0. The minimum Gasteiger partial charge on any atom is -0.457 e. The SMILES string of the molecule is Fc1cc(Oc2ccc(CBr)cc2)ccc1Br. The van der Waals surface area contributed by atoms with Crippen molar-refractivity contribution in [2.75, 3.05) is 0 Å². The first-order chi connectivity index (χ1) is 8.19. The van der Waals surface area contributed by atoms with Crippen LogP contribution in [-0.4, -0.2) is 0 Å². The predicted octanol–water partition coefficient (Wildman–Crippen LogP) is 5.28. The van der Waals surface area contributed by atoms with Crippen LogP contribution < -0.4 is 4.74 Å². The Hall–Kier alpha value is -0.870. The van der Waals surface area contributed by atoms with Crippen LogP contribution in [0.4, 0.5) is 4.39 Å². The molecule has 0 aliphatic rings. The Labute approximate surface area is 116 Å². The number of benzene rings is 2. The van der Waals surface area contributed by atoms with Gasteiger partial charge in [0.05, 0.1) is 4.47 Å². The van der Waals surface area contributed by atoms with Gasteiger partial charge in [0.15, 0.2) is 0 Å². The van der Waals surface area contributed by atoms with Crippen LogP contribution in [0.3, 0.4) is 0 Å². The highest BCUT2D eigenvalue weighted by molar-refractivity contribution is 9.10. The fourth-order valence-electron chi connectivity index (χ4n) is 1.32. The summed E-state index contributed by atoms with van der Waals surface area (Å²) in [5, 5.41) is 0.806. The molecule has 2 aromatic rings. The van der Waals surface area contributed by atoms with E-state index in [1.807, 2.05) is 24.3 Å². The Balaban J connectivity index is 2.16. The van der Waals surface area contributed by atoms with Crippen molar-refractivity contribution in [1.29, 1.82) is 0 Å². The van der Waals surface area contributed by atoms with Crippen molar-refractivity contribution >= 4 is 31.9 Å². The standard InChI is InChI=1S/C13H9Br2FO/c14-8-9-1-3-10(4-2-9)17-11-5-6-12(15)13(16)7-11/h1-7H,8H2. The van der Waals surface area contributed by atoms with Gasteiger partial charge in [-0.25, -0.2) is 4.39 Å². The zero-order chi connectivity index (χ0) is 12.3. The molecule has 0 bridgehead atoms. The normalized spacial score (nSPS) is 10.3. The molecule has 0 saturated carbocycles. The molecule has 0 radical (unpaired) electrons. The number of ether oxygens (including phenoxy) is 1. The molecule has 0 spiro atoms. The molecule has 88 valence electrons. The Morgan fingerprint density at radius 3 is 2.24 bits per heavy atom. The van der Waals surface area contributed by atoms with Gasteiger partial charge in [-0.15, -0.1) is 0 Å². The summed E-state index contributed by atoms with van der Waals surface area (Å²) in [7, 11) is 0. The van der Waals surface area contributed by atoms with E-state index in [1.165, 1.54) is 11.6 Å². The molecular weight excluding hydrogens is 351 g/mol. The topological polar surface area (TPSA) is 9.23 Å². The van der Waals surface area contributed by atoms with Gasteiger partial charge >= 0.3 is 0 Å². The van der Waals surface area contributed by atoms with Crippen LogP contribution in [0, 0.1) is 5.82 Å². The maximum Gasteiger partial charge on any atom is 0.141 e. The first-order valence-electron chi connectivity index (χ1n) is 4.97. The minimum absolute atomic E-state index is 0.334. The number of hydrogen-bond donors (Lipinski definition) is 0. The van der Waals surface area contributed by atoms with Crippen molar-refractivity contribution in [2.24, 2.45) is 0 Å². The third-order valence-corrected chi connectivity index (χ3v) is 3.50. The van der Waals surface area contributed by atoms with Gasteiger partial charge in [0.2, 0.25) is 0 Å². The van der Waals surface area contributed by atoms with Crippen molar-refractivity contribution in [2.45, 2.75) is 5.33 Å². The highest BCUT2D eigenvalue weighted by Crippen LogP contribution is 2.26. The Kier molecular flexibility index (Phi) is 4.18. The first-order valence-corrected chi connectivity index (χ1v) is 6.88. The van der Waals surface area contributed by atoms with E-state index in [9.17, 15) is 4.39 Å². The van der Waals surface area contributed by atoms with Crippen LogP contribution in [0.5, 0.6) is 11.5 Å². The first kappa shape index (κ1) is 12.6. The highest BCUT2D eigenvalue weighted by atomic mass is 79.9. The summed E-state index contributed by atoms with van der Waals surface area (Å²) < 4.78 is 19.2. The van der Waals surface area contributed by atoms with Crippen molar-refractivity contribution < 1.29 is 9.13 Å². The van der Waals surface area contributed by atoms with Crippen LogP contribution in [0.2, 0.25) is 0 Å². The molecule has 0 amide bonds. The van der Waals surface area contributed by atoms with E-state index in [1.54, 1.807) is 12.1 Å². The molecule has 17 heavy (non-hydrogen) atoms. The molecular formula is C13H9Br2FO. The van der Waals surface area contributed by atoms with Crippen molar-refractivity contribution in [1.82, 2.24) is 0 Å². The van der Waals surface area contributed by atoms with E-state index in [4.69, 9.17) is 4.74 Å². The monoisotopic (exact) mass is 358 g/mol. The van der Waals surface area contributed by atoms with E-state index in [0.29, 0.717) is 16.0 Å². The number of hydrogen-bond acceptors (Lipinski definition) is 1. The van der Waals surface area contributed by atoms with Gasteiger partial charge in [0, 0.05) is 11.4 Å². The van der Waals surface area contributed by atoms with Crippen LogP contribution in [-0.2, 0) is 5.33 Å². The second kappa shape index (κ2) is 5.65. The summed E-state index contributed by atoms with van der Waals surface area (Å²) >= 11 is 6.47. The lowest BCUT2D eigenvalue weighted by Gasteiger charge is -2.06. The van der Waals surface area contributed by atoms with E-state index >= 15 is 0 Å². The minimum atomic E-state index is -0.334. The van der Waals surface area contributed by atoms with Gasteiger partial charge in [0.25, 0.3) is 0 Å². The molecule has 0 aliphatic carbocycles. The van der Waals surface area contributed by atoms with Gasteiger partial charge in [-0.3, -0.25) is 0 Å². The third-order valence-electron chi connectivity index (χ3n) is 2.20. The molecule has 0 heterocycles. The van der Waals surface area contributed by atoms with Crippen molar-refractivity contribution in [3.8, 4) is 11.5 Å².